The lowest BCUT2D eigenvalue weighted by Crippen LogP contribution is -2.37. The molecule has 0 spiro atoms. The van der Waals surface area contributed by atoms with Crippen molar-refractivity contribution in [2.24, 2.45) is 4.99 Å². The van der Waals surface area contributed by atoms with Crippen molar-refractivity contribution in [3.05, 3.63) is 41.5 Å². The molecule has 2 N–H and O–H groups in total. The standard InChI is InChI=1S/C21H27N3O5.HI/c1-22-21(24-12-14-5-6-17-20(9-14)29-13-28-17)23-8-7-16-18(26-3)10-15(25-2)11-19(16)27-4;/h5-6,9-11H,7-8,12-13H2,1-4H3,(H2,22,23,24);1H. The van der Waals surface area contributed by atoms with Gasteiger partial charge in [-0.25, -0.2) is 0 Å². The Bertz CT molecular complexity index is 851. The number of rotatable bonds is 8. The molecule has 9 heteroatoms. The third kappa shape index (κ3) is 5.74. The van der Waals surface area contributed by atoms with Gasteiger partial charge in [0.1, 0.15) is 17.2 Å². The molecule has 0 saturated carbocycles. The zero-order chi connectivity index (χ0) is 20.6. The van der Waals surface area contributed by atoms with Crippen LogP contribution in [0.5, 0.6) is 28.7 Å². The number of guanidine groups is 1. The first kappa shape index (κ1) is 23.7. The van der Waals surface area contributed by atoms with Crippen LogP contribution in [0.25, 0.3) is 0 Å². The summed E-state index contributed by atoms with van der Waals surface area (Å²) in [6.07, 6.45) is 0.696. The van der Waals surface area contributed by atoms with Crippen LogP contribution in [0, 0.1) is 0 Å². The Kier molecular flexibility index (Phi) is 9.15. The fraction of sp³-hybridized carbons (Fsp3) is 0.381. The van der Waals surface area contributed by atoms with E-state index in [2.05, 4.69) is 15.6 Å². The zero-order valence-corrected chi connectivity index (χ0v) is 19.9. The van der Waals surface area contributed by atoms with Gasteiger partial charge in [-0.2, -0.15) is 0 Å². The van der Waals surface area contributed by atoms with Crippen molar-refractivity contribution in [1.29, 1.82) is 0 Å². The van der Waals surface area contributed by atoms with Crippen molar-refractivity contribution >= 4 is 29.9 Å². The monoisotopic (exact) mass is 529 g/mol. The third-order valence-corrected chi connectivity index (χ3v) is 4.61. The molecule has 8 nitrogen and oxygen atoms in total. The molecule has 164 valence electrons. The molecule has 30 heavy (non-hydrogen) atoms. The van der Waals surface area contributed by atoms with Gasteiger partial charge in [0.15, 0.2) is 17.5 Å². The van der Waals surface area contributed by atoms with Crippen LogP contribution < -0.4 is 34.3 Å². The first-order valence-electron chi connectivity index (χ1n) is 9.30. The van der Waals surface area contributed by atoms with E-state index >= 15 is 0 Å². The van der Waals surface area contributed by atoms with Crippen molar-refractivity contribution in [3.63, 3.8) is 0 Å². The highest BCUT2D eigenvalue weighted by molar-refractivity contribution is 14.0. The fourth-order valence-electron chi connectivity index (χ4n) is 3.09. The largest absolute Gasteiger partial charge is 0.496 e. The lowest BCUT2D eigenvalue weighted by molar-refractivity contribution is 0.174. The number of ether oxygens (including phenoxy) is 5. The van der Waals surface area contributed by atoms with Crippen LogP contribution in [0.15, 0.2) is 35.3 Å². The lowest BCUT2D eigenvalue weighted by atomic mass is 10.1. The van der Waals surface area contributed by atoms with Gasteiger partial charge in [-0.1, -0.05) is 6.07 Å². The Hall–Kier alpha value is -2.56. The second kappa shape index (κ2) is 11.6. The van der Waals surface area contributed by atoms with Gasteiger partial charge in [0.05, 0.1) is 21.3 Å². The van der Waals surface area contributed by atoms with E-state index in [1.807, 2.05) is 30.3 Å². The Morgan fingerprint density at radius 1 is 0.967 bits per heavy atom. The quantitative estimate of drug-likeness (QED) is 0.309. The number of benzene rings is 2. The average Bonchev–Trinajstić information content (AvgIpc) is 3.23. The number of nitrogens with one attached hydrogen (secondary N) is 2. The Labute approximate surface area is 193 Å². The minimum absolute atomic E-state index is 0. The average molecular weight is 529 g/mol. The fourth-order valence-corrected chi connectivity index (χ4v) is 3.09. The van der Waals surface area contributed by atoms with E-state index in [0.717, 1.165) is 34.1 Å². The molecule has 0 amide bonds. The maximum absolute atomic E-state index is 5.50. The van der Waals surface area contributed by atoms with E-state index in [-0.39, 0.29) is 30.8 Å². The predicted molar refractivity (Wildman–Crippen MR) is 126 cm³/mol. The minimum atomic E-state index is 0. The molecule has 3 rings (SSSR count). The molecular weight excluding hydrogens is 501 g/mol. The molecule has 0 aliphatic carbocycles. The molecule has 1 aliphatic rings. The van der Waals surface area contributed by atoms with E-state index in [4.69, 9.17) is 23.7 Å². The summed E-state index contributed by atoms with van der Waals surface area (Å²) >= 11 is 0. The molecule has 0 bridgehead atoms. The van der Waals surface area contributed by atoms with Gasteiger partial charge in [-0.15, -0.1) is 24.0 Å². The van der Waals surface area contributed by atoms with Crippen LogP contribution >= 0.6 is 24.0 Å². The highest BCUT2D eigenvalue weighted by Crippen LogP contribution is 2.34. The summed E-state index contributed by atoms with van der Waals surface area (Å²) in [4.78, 5) is 4.28. The summed E-state index contributed by atoms with van der Waals surface area (Å²) in [6, 6.07) is 9.59. The van der Waals surface area contributed by atoms with Crippen molar-refractivity contribution in [2.75, 3.05) is 41.7 Å². The van der Waals surface area contributed by atoms with Crippen molar-refractivity contribution in [2.45, 2.75) is 13.0 Å². The van der Waals surface area contributed by atoms with Crippen LogP contribution in [0.2, 0.25) is 0 Å². The van der Waals surface area contributed by atoms with Gasteiger partial charge >= 0.3 is 0 Å². The number of aliphatic imine (C=N–C) groups is 1. The van der Waals surface area contributed by atoms with E-state index in [1.54, 1.807) is 28.4 Å². The first-order chi connectivity index (χ1) is 14.2. The van der Waals surface area contributed by atoms with Gasteiger partial charge in [0.25, 0.3) is 0 Å². The van der Waals surface area contributed by atoms with Crippen LogP contribution in [0.4, 0.5) is 0 Å². The third-order valence-electron chi connectivity index (χ3n) is 4.61. The molecule has 2 aromatic carbocycles. The highest BCUT2D eigenvalue weighted by atomic mass is 127. The molecule has 0 fully saturated rings. The molecule has 0 saturated heterocycles. The summed E-state index contributed by atoms with van der Waals surface area (Å²) in [6.45, 7) is 1.54. The number of hydrogen-bond acceptors (Lipinski definition) is 6. The SMILES string of the molecule is CN=C(NCCc1c(OC)cc(OC)cc1OC)NCc1ccc2c(c1)OCO2.I. The smallest absolute Gasteiger partial charge is 0.231 e. The molecule has 1 aliphatic heterocycles. The Morgan fingerprint density at radius 3 is 2.30 bits per heavy atom. The molecule has 0 atom stereocenters. The van der Waals surface area contributed by atoms with E-state index in [9.17, 15) is 0 Å². The van der Waals surface area contributed by atoms with Crippen molar-refractivity contribution in [1.82, 2.24) is 10.6 Å². The van der Waals surface area contributed by atoms with Gasteiger partial charge in [0, 0.05) is 37.8 Å². The molecule has 1 heterocycles. The normalized spacial score (nSPS) is 12.1. The van der Waals surface area contributed by atoms with E-state index in [1.165, 1.54) is 0 Å². The number of halogens is 1. The van der Waals surface area contributed by atoms with Gasteiger partial charge in [-0.3, -0.25) is 4.99 Å². The Balaban J connectivity index is 0.00000320. The molecule has 0 unspecified atom stereocenters. The summed E-state index contributed by atoms with van der Waals surface area (Å²) in [7, 11) is 6.63. The van der Waals surface area contributed by atoms with Gasteiger partial charge < -0.3 is 34.3 Å². The van der Waals surface area contributed by atoms with E-state index in [0.29, 0.717) is 31.2 Å². The van der Waals surface area contributed by atoms with Gasteiger partial charge in [0.2, 0.25) is 6.79 Å². The minimum Gasteiger partial charge on any atom is -0.496 e. The second-order valence-corrected chi connectivity index (χ2v) is 6.30. The zero-order valence-electron chi connectivity index (χ0n) is 17.6. The summed E-state index contributed by atoms with van der Waals surface area (Å²) in [5.41, 5.74) is 2.05. The van der Waals surface area contributed by atoms with Crippen LogP contribution in [-0.2, 0) is 13.0 Å². The maximum atomic E-state index is 5.50. The van der Waals surface area contributed by atoms with E-state index < -0.39 is 0 Å². The molecule has 0 aromatic heterocycles. The summed E-state index contributed by atoms with van der Waals surface area (Å²) < 4.78 is 27.1. The Morgan fingerprint density at radius 2 is 1.67 bits per heavy atom. The molecule has 2 aromatic rings. The molecular formula is C21H28IN3O5. The predicted octanol–water partition coefficient (Wildman–Crippen LogP) is 2.97. The van der Waals surface area contributed by atoms with Crippen molar-refractivity contribution < 1.29 is 23.7 Å². The van der Waals surface area contributed by atoms with Gasteiger partial charge in [-0.05, 0) is 24.1 Å². The van der Waals surface area contributed by atoms with Crippen molar-refractivity contribution in [3.8, 4) is 28.7 Å². The lowest BCUT2D eigenvalue weighted by Gasteiger charge is -2.16. The highest BCUT2D eigenvalue weighted by Gasteiger charge is 2.14. The van der Waals surface area contributed by atoms with Crippen LogP contribution in [0.3, 0.4) is 0 Å². The summed E-state index contributed by atoms with van der Waals surface area (Å²) in [5.74, 6) is 4.40. The number of methoxy groups -OCH3 is 3. The maximum Gasteiger partial charge on any atom is 0.231 e. The van der Waals surface area contributed by atoms with Crippen LogP contribution in [-0.4, -0.2) is 47.7 Å². The summed E-state index contributed by atoms with van der Waals surface area (Å²) in [5, 5.41) is 6.61. The topological polar surface area (TPSA) is 82.6 Å². The number of fused-ring (bicyclic) bond motifs is 1. The number of hydrogen-bond donors (Lipinski definition) is 2. The second-order valence-electron chi connectivity index (χ2n) is 6.30. The van der Waals surface area contributed by atoms with Crippen LogP contribution in [0.1, 0.15) is 11.1 Å². The first-order valence-corrected chi connectivity index (χ1v) is 9.30. The molecule has 0 radical (unpaired) electrons. The number of nitrogens with zero attached hydrogens (tertiary/aromatic N) is 1.